The molecule has 4 aromatic rings. The van der Waals surface area contributed by atoms with Gasteiger partial charge in [-0.15, -0.1) is 0 Å². The number of amides is 3. The number of aromatic nitrogens is 2. The van der Waals surface area contributed by atoms with Crippen molar-refractivity contribution in [3.05, 3.63) is 102 Å². The lowest BCUT2D eigenvalue weighted by Crippen LogP contribution is -2.35. The number of esters is 1. The van der Waals surface area contributed by atoms with Crippen LogP contribution in [0.4, 0.5) is 10.5 Å². The molecule has 0 saturated heterocycles. The highest BCUT2D eigenvalue weighted by Crippen LogP contribution is 2.30. The maximum Gasteiger partial charge on any atom is 0.342 e. The fourth-order valence-electron chi connectivity index (χ4n) is 3.44. The number of benzene rings is 3. The Kier molecular flexibility index (Phi) is 6.78. The number of carbonyl (C=O) groups is 3. The zero-order valence-electron chi connectivity index (χ0n) is 18.4. The number of imide groups is 1. The molecule has 0 radical (unpaired) electrons. The van der Waals surface area contributed by atoms with Crippen LogP contribution in [0.2, 0.25) is 0 Å². The average molecular weight is 454 g/mol. The first-order chi connectivity index (χ1) is 16.6. The lowest BCUT2D eigenvalue weighted by Gasteiger charge is -2.10. The summed E-state index contributed by atoms with van der Waals surface area (Å²) in [5, 5.41) is 9.28. The average Bonchev–Trinajstić information content (AvgIpc) is 3.27. The third kappa shape index (κ3) is 4.86. The van der Waals surface area contributed by atoms with E-state index in [2.05, 4.69) is 15.7 Å². The molecule has 2 N–H and O–H groups in total. The number of urea groups is 1. The van der Waals surface area contributed by atoms with Gasteiger partial charge >= 0.3 is 12.0 Å². The minimum atomic E-state index is -0.830. The van der Waals surface area contributed by atoms with Crippen LogP contribution < -0.4 is 10.6 Å². The highest BCUT2D eigenvalue weighted by molar-refractivity contribution is 6.13. The summed E-state index contributed by atoms with van der Waals surface area (Å²) in [5.41, 5.74) is 1.96. The molecular formula is C26H22N4O4. The van der Waals surface area contributed by atoms with Crippen molar-refractivity contribution in [2.45, 2.75) is 6.92 Å². The van der Waals surface area contributed by atoms with E-state index in [4.69, 9.17) is 4.74 Å². The molecule has 1 aromatic heterocycles. The fourth-order valence-corrected chi connectivity index (χ4v) is 3.44. The van der Waals surface area contributed by atoms with Gasteiger partial charge in [-0.3, -0.25) is 10.1 Å². The monoisotopic (exact) mass is 454 g/mol. The minimum Gasteiger partial charge on any atom is -0.462 e. The van der Waals surface area contributed by atoms with Crippen LogP contribution in [0.5, 0.6) is 0 Å². The van der Waals surface area contributed by atoms with Gasteiger partial charge in [0.2, 0.25) is 0 Å². The van der Waals surface area contributed by atoms with E-state index in [0.29, 0.717) is 22.6 Å². The van der Waals surface area contributed by atoms with E-state index in [1.54, 1.807) is 49.4 Å². The second-order valence-electron chi connectivity index (χ2n) is 7.18. The normalized spacial score (nSPS) is 10.4. The van der Waals surface area contributed by atoms with Crippen LogP contribution in [-0.2, 0) is 4.74 Å². The number of hydrogen-bond donors (Lipinski definition) is 2. The Morgan fingerprint density at radius 2 is 1.44 bits per heavy atom. The largest absolute Gasteiger partial charge is 0.462 e. The number of para-hydroxylation sites is 2. The highest BCUT2D eigenvalue weighted by atomic mass is 16.5. The summed E-state index contributed by atoms with van der Waals surface area (Å²) < 4.78 is 6.76. The molecule has 0 aliphatic rings. The quantitative estimate of drug-likeness (QED) is 0.412. The van der Waals surface area contributed by atoms with E-state index in [0.717, 1.165) is 0 Å². The van der Waals surface area contributed by atoms with Crippen molar-refractivity contribution >= 4 is 23.6 Å². The molecule has 0 atom stereocenters. The Morgan fingerprint density at radius 1 is 0.853 bits per heavy atom. The predicted molar refractivity (Wildman–Crippen MR) is 128 cm³/mol. The molecule has 0 fully saturated rings. The minimum absolute atomic E-state index is 0.0260. The number of nitrogens with one attached hydrogen (secondary N) is 2. The molecule has 0 aliphatic carbocycles. The van der Waals surface area contributed by atoms with Gasteiger partial charge in [0.1, 0.15) is 5.56 Å². The van der Waals surface area contributed by atoms with Gasteiger partial charge in [0.15, 0.2) is 5.69 Å². The highest BCUT2D eigenvalue weighted by Gasteiger charge is 2.31. The van der Waals surface area contributed by atoms with Crippen molar-refractivity contribution in [3.8, 4) is 16.9 Å². The Hall–Kier alpha value is -4.72. The van der Waals surface area contributed by atoms with Crippen LogP contribution in [0.3, 0.4) is 0 Å². The SMILES string of the molecule is CCOC(=O)c1c(C(=O)NC(=O)Nc2ccccc2)nn(-c2ccccc2)c1-c1ccccc1. The van der Waals surface area contributed by atoms with Crippen LogP contribution in [0.1, 0.15) is 27.8 Å². The molecule has 8 heteroatoms. The van der Waals surface area contributed by atoms with Gasteiger partial charge in [-0.05, 0) is 31.2 Å². The lowest BCUT2D eigenvalue weighted by atomic mass is 10.0. The number of carbonyl (C=O) groups excluding carboxylic acids is 3. The second-order valence-corrected chi connectivity index (χ2v) is 7.18. The molecule has 0 aliphatic heterocycles. The molecular weight excluding hydrogens is 432 g/mol. The standard InChI is InChI=1S/C26H22N4O4/c1-2-34-25(32)21-22(24(31)28-26(33)27-19-14-8-4-9-15-19)29-30(20-16-10-5-11-17-20)23(21)18-12-6-3-7-13-18/h3-17H,2H2,1H3,(H2,27,28,31,33). The van der Waals surface area contributed by atoms with Crippen molar-refractivity contribution in [2.24, 2.45) is 0 Å². The third-order valence-corrected chi connectivity index (χ3v) is 4.89. The zero-order valence-corrected chi connectivity index (χ0v) is 18.4. The Labute approximate surface area is 196 Å². The van der Waals surface area contributed by atoms with Crippen LogP contribution in [0.15, 0.2) is 91.0 Å². The Balaban J connectivity index is 1.80. The summed E-state index contributed by atoms with van der Waals surface area (Å²) in [4.78, 5) is 38.6. The molecule has 0 spiro atoms. The molecule has 8 nitrogen and oxygen atoms in total. The molecule has 3 aromatic carbocycles. The number of nitrogens with zero attached hydrogens (tertiary/aromatic N) is 2. The molecule has 4 rings (SSSR count). The van der Waals surface area contributed by atoms with E-state index in [-0.39, 0.29) is 17.9 Å². The first kappa shape index (κ1) is 22.5. The van der Waals surface area contributed by atoms with Crippen molar-refractivity contribution in [1.29, 1.82) is 0 Å². The van der Waals surface area contributed by atoms with Crippen LogP contribution in [0.25, 0.3) is 16.9 Å². The fraction of sp³-hybridized carbons (Fsp3) is 0.0769. The number of ether oxygens (including phenoxy) is 1. The number of hydrogen-bond acceptors (Lipinski definition) is 5. The van der Waals surface area contributed by atoms with Crippen molar-refractivity contribution in [2.75, 3.05) is 11.9 Å². The van der Waals surface area contributed by atoms with Gasteiger partial charge in [0.05, 0.1) is 18.0 Å². The van der Waals surface area contributed by atoms with Crippen molar-refractivity contribution in [3.63, 3.8) is 0 Å². The summed E-state index contributed by atoms with van der Waals surface area (Å²) >= 11 is 0. The summed E-state index contributed by atoms with van der Waals surface area (Å²) in [6.07, 6.45) is 0. The van der Waals surface area contributed by atoms with Gasteiger partial charge < -0.3 is 10.1 Å². The van der Waals surface area contributed by atoms with Gasteiger partial charge in [0, 0.05) is 11.3 Å². The topological polar surface area (TPSA) is 102 Å². The van der Waals surface area contributed by atoms with Crippen molar-refractivity contribution in [1.82, 2.24) is 15.1 Å². The molecule has 34 heavy (non-hydrogen) atoms. The number of rotatable bonds is 6. The van der Waals surface area contributed by atoms with E-state index < -0.39 is 17.9 Å². The van der Waals surface area contributed by atoms with Gasteiger partial charge in [0.25, 0.3) is 5.91 Å². The third-order valence-electron chi connectivity index (χ3n) is 4.89. The smallest absolute Gasteiger partial charge is 0.342 e. The van der Waals surface area contributed by atoms with Gasteiger partial charge in [-0.1, -0.05) is 66.7 Å². The van der Waals surface area contributed by atoms with Crippen LogP contribution in [-0.4, -0.2) is 34.3 Å². The number of anilines is 1. The first-order valence-electron chi connectivity index (χ1n) is 10.7. The van der Waals surface area contributed by atoms with E-state index in [9.17, 15) is 14.4 Å². The van der Waals surface area contributed by atoms with E-state index in [1.807, 2.05) is 48.5 Å². The van der Waals surface area contributed by atoms with Crippen LogP contribution >= 0.6 is 0 Å². The van der Waals surface area contributed by atoms with Gasteiger partial charge in [-0.2, -0.15) is 5.10 Å². The molecule has 3 amide bonds. The van der Waals surface area contributed by atoms with E-state index in [1.165, 1.54) is 4.68 Å². The summed E-state index contributed by atoms with van der Waals surface area (Å²) in [7, 11) is 0. The second kappa shape index (κ2) is 10.3. The maximum absolute atomic E-state index is 13.1. The first-order valence-corrected chi connectivity index (χ1v) is 10.7. The summed E-state index contributed by atoms with van der Waals surface area (Å²) in [5.74, 6) is -1.54. The predicted octanol–water partition coefficient (Wildman–Crippen LogP) is 4.68. The summed E-state index contributed by atoms with van der Waals surface area (Å²) in [6.45, 7) is 1.79. The summed E-state index contributed by atoms with van der Waals surface area (Å²) in [6, 6.07) is 26.1. The molecule has 0 unspecified atom stereocenters. The zero-order chi connectivity index (χ0) is 23.9. The molecule has 1 heterocycles. The van der Waals surface area contributed by atoms with Crippen LogP contribution in [0, 0.1) is 0 Å². The Morgan fingerprint density at radius 3 is 2.06 bits per heavy atom. The lowest BCUT2D eigenvalue weighted by molar-refractivity contribution is 0.0523. The van der Waals surface area contributed by atoms with Crippen molar-refractivity contribution < 1.29 is 19.1 Å². The van der Waals surface area contributed by atoms with Gasteiger partial charge in [-0.25, -0.2) is 14.3 Å². The molecule has 0 bridgehead atoms. The molecule has 170 valence electrons. The molecule has 0 saturated carbocycles. The Bertz CT molecular complexity index is 1300. The van der Waals surface area contributed by atoms with E-state index >= 15 is 0 Å². The maximum atomic E-state index is 13.1.